The molecule has 5 rings (SSSR count). The summed E-state index contributed by atoms with van der Waals surface area (Å²) in [7, 11) is 0. The van der Waals surface area contributed by atoms with Crippen LogP contribution < -0.4 is 4.74 Å². The fourth-order valence-electron chi connectivity index (χ4n) is 4.51. The predicted octanol–water partition coefficient (Wildman–Crippen LogP) is 2.74. The van der Waals surface area contributed by atoms with Crippen molar-refractivity contribution in [2.24, 2.45) is 0 Å². The topological polar surface area (TPSA) is 65.9 Å². The highest BCUT2D eigenvalue weighted by Crippen LogP contribution is 2.25. The van der Waals surface area contributed by atoms with Crippen molar-refractivity contribution in [1.29, 1.82) is 0 Å². The molecule has 1 aromatic heterocycles. The van der Waals surface area contributed by atoms with Crippen molar-refractivity contribution >= 4 is 5.91 Å². The van der Waals surface area contributed by atoms with E-state index in [0.717, 1.165) is 30.6 Å². The number of aliphatic hydroxyl groups excluding tert-OH is 1. The van der Waals surface area contributed by atoms with Crippen LogP contribution in [-0.4, -0.2) is 64.7 Å². The van der Waals surface area contributed by atoms with Crippen molar-refractivity contribution in [2.45, 2.75) is 19.1 Å². The lowest BCUT2D eigenvalue weighted by Crippen LogP contribution is -2.44. The minimum absolute atomic E-state index is 0.123. The number of ether oxygens (including phenoxy) is 1. The Morgan fingerprint density at radius 3 is 2.71 bits per heavy atom. The SMILES string of the molecule is O=C1c2ccc(C#Cc3cccnc3)cc2OCCN1CC(O)CN1CCc2ccccc2C1. The number of hydrogen-bond donors (Lipinski definition) is 1. The lowest BCUT2D eigenvalue weighted by molar-refractivity contribution is 0.0501. The second-order valence-corrected chi connectivity index (χ2v) is 8.71. The third-order valence-corrected chi connectivity index (χ3v) is 6.24. The van der Waals surface area contributed by atoms with Gasteiger partial charge in [-0.25, -0.2) is 0 Å². The number of aromatic nitrogens is 1. The molecule has 1 N–H and O–H groups in total. The van der Waals surface area contributed by atoms with E-state index in [1.807, 2.05) is 24.3 Å². The minimum Gasteiger partial charge on any atom is -0.491 e. The second-order valence-electron chi connectivity index (χ2n) is 8.71. The van der Waals surface area contributed by atoms with Gasteiger partial charge < -0.3 is 14.7 Å². The Bertz CT molecular complexity index is 1230. The summed E-state index contributed by atoms with van der Waals surface area (Å²) in [6.45, 7) is 3.37. The third-order valence-electron chi connectivity index (χ3n) is 6.24. The molecule has 3 aromatic rings. The van der Waals surface area contributed by atoms with E-state index in [-0.39, 0.29) is 12.5 Å². The molecule has 1 amide bonds. The molecule has 0 fully saturated rings. The van der Waals surface area contributed by atoms with Gasteiger partial charge in [-0.15, -0.1) is 0 Å². The Balaban J connectivity index is 1.23. The highest BCUT2D eigenvalue weighted by molar-refractivity contribution is 5.97. The van der Waals surface area contributed by atoms with Gasteiger partial charge in [0.25, 0.3) is 5.91 Å². The Morgan fingerprint density at radius 1 is 1.00 bits per heavy atom. The van der Waals surface area contributed by atoms with Crippen molar-refractivity contribution in [3.8, 4) is 17.6 Å². The summed E-state index contributed by atoms with van der Waals surface area (Å²) in [5, 5.41) is 10.8. The molecule has 2 aromatic carbocycles. The van der Waals surface area contributed by atoms with Gasteiger partial charge in [0.15, 0.2) is 0 Å². The number of hydrogen-bond acceptors (Lipinski definition) is 5. The minimum atomic E-state index is -0.625. The van der Waals surface area contributed by atoms with Crippen molar-refractivity contribution in [3.05, 3.63) is 94.8 Å². The lowest BCUT2D eigenvalue weighted by Gasteiger charge is -2.32. The van der Waals surface area contributed by atoms with Gasteiger partial charge in [0.05, 0.1) is 18.2 Å². The van der Waals surface area contributed by atoms with Gasteiger partial charge in [-0.3, -0.25) is 14.7 Å². The first-order valence-corrected chi connectivity index (χ1v) is 11.6. The molecular weight excluding hydrogens is 426 g/mol. The lowest BCUT2D eigenvalue weighted by atomic mass is 10.00. The average Bonchev–Trinajstić information content (AvgIpc) is 3.01. The maximum atomic E-state index is 13.2. The van der Waals surface area contributed by atoms with E-state index in [1.54, 1.807) is 23.4 Å². The molecule has 172 valence electrons. The van der Waals surface area contributed by atoms with Gasteiger partial charge in [0, 0.05) is 49.7 Å². The van der Waals surface area contributed by atoms with Crippen LogP contribution >= 0.6 is 0 Å². The Hall–Kier alpha value is -3.66. The zero-order chi connectivity index (χ0) is 23.3. The maximum Gasteiger partial charge on any atom is 0.257 e. The number of β-amino-alcohol motifs (C(OH)–C–C–N with tert-alkyl or cyclic N) is 1. The van der Waals surface area contributed by atoms with E-state index in [4.69, 9.17) is 4.74 Å². The summed E-state index contributed by atoms with van der Waals surface area (Å²) in [6, 6.07) is 17.6. The second kappa shape index (κ2) is 10.1. The molecule has 1 unspecified atom stereocenters. The number of pyridine rings is 1. The van der Waals surface area contributed by atoms with Crippen molar-refractivity contribution in [1.82, 2.24) is 14.8 Å². The van der Waals surface area contributed by atoms with Gasteiger partial charge in [0.1, 0.15) is 12.4 Å². The largest absolute Gasteiger partial charge is 0.491 e. The highest BCUT2D eigenvalue weighted by Gasteiger charge is 2.27. The third kappa shape index (κ3) is 5.12. The fraction of sp³-hybridized carbons (Fsp3) is 0.286. The number of rotatable bonds is 4. The van der Waals surface area contributed by atoms with E-state index in [2.05, 4.69) is 46.0 Å². The molecule has 0 saturated carbocycles. The predicted molar refractivity (Wildman–Crippen MR) is 129 cm³/mol. The highest BCUT2D eigenvalue weighted by atomic mass is 16.5. The van der Waals surface area contributed by atoms with Crippen LogP contribution in [-0.2, 0) is 13.0 Å². The molecule has 1 atom stereocenters. The monoisotopic (exact) mass is 453 g/mol. The van der Waals surface area contributed by atoms with Crippen LogP contribution in [0, 0.1) is 11.8 Å². The first-order valence-electron chi connectivity index (χ1n) is 11.6. The van der Waals surface area contributed by atoms with Crippen molar-refractivity contribution in [2.75, 3.05) is 32.8 Å². The van der Waals surface area contributed by atoms with Crippen LogP contribution in [0.4, 0.5) is 0 Å². The maximum absolute atomic E-state index is 13.2. The molecule has 6 nitrogen and oxygen atoms in total. The first-order chi connectivity index (χ1) is 16.7. The number of aliphatic hydroxyl groups is 1. The van der Waals surface area contributed by atoms with Crippen LogP contribution in [0.15, 0.2) is 67.0 Å². The van der Waals surface area contributed by atoms with Gasteiger partial charge in [0.2, 0.25) is 0 Å². The van der Waals surface area contributed by atoms with Crippen molar-refractivity contribution < 1.29 is 14.6 Å². The zero-order valence-electron chi connectivity index (χ0n) is 19.0. The molecule has 6 heteroatoms. The van der Waals surface area contributed by atoms with E-state index < -0.39 is 6.10 Å². The van der Waals surface area contributed by atoms with Crippen LogP contribution in [0.1, 0.15) is 32.6 Å². The summed E-state index contributed by atoms with van der Waals surface area (Å²) in [4.78, 5) is 21.2. The normalized spacial score (nSPS) is 16.4. The molecule has 2 aliphatic heterocycles. The molecule has 0 spiro atoms. The number of carbonyl (C=O) groups excluding carboxylic acids is 1. The first kappa shape index (κ1) is 22.1. The average molecular weight is 454 g/mol. The summed E-state index contributed by atoms with van der Waals surface area (Å²) >= 11 is 0. The summed E-state index contributed by atoms with van der Waals surface area (Å²) in [6.07, 6.45) is 3.78. The zero-order valence-corrected chi connectivity index (χ0v) is 19.0. The van der Waals surface area contributed by atoms with E-state index in [0.29, 0.717) is 31.0 Å². The van der Waals surface area contributed by atoms with Gasteiger partial charge in [-0.05, 0) is 47.9 Å². The molecule has 34 heavy (non-hydrogen) atoms. The molecule has 0 bridgehead atoms. The van der Waals surface area contributed by atoms with Crippen LogP contribution in [0.25, 0.3) is 0 Å². The Labute approximate surface area is 199 Å². The molecule has 2 aliphatic rings. The Morgan fingerprint density at radius 2 is 1.85 bits per heavy atom. The number of nitrogens with zero attached hydrogens (tertiary/aromatic N) is 3. The smallest absolute Gasteiger partial charge is 0.257 e. The van der Waals surface area contributed by atoms with E-state index in [9.17, 15) is 9.90 Å². The standard InChI is InChI=1S/C28H27N3O3/c32-25(19-30-13-11-23-5-1-2-6-24(23)18-30)20-31-14-15-34-27-16-21(9-10-26(27)28(31)33)7-8-22-4-3-12-29-17-22/h1-6,9-10,12,16-17,25,32H,11,13-15,18-20H2. The Kier molecular flexibility index (Phi) is 6.57. The van der Waals surface area contributed by atoms with Crippen LogP contribution in [0.3, 0.4) is 0 Å². The molecule has 3 heterocycles. The van der Waals surface area contributed by atoms with Gasteiger partial charge >= 0.3 is 0 Å². The molecule has 0 saturated heterocycles. The number of benzene rings is 2. The van der Waals surface area contributed by atoms with Crippen LogP contribution in [0.2, 0.25) is 0 Å². The van der Waals surface area contributed by atoms with Gasteiger partial charge in [-0.1, -0.05) is 36.1 Å². The molecule has 0 radical (unpaired) electrons. The summed E-state index contributed by atoms with van der Waals surface area (Å²) in [5.41, 5.74) is 4.80. The fourth-order valence-corrected chi connectivity index (χ4v) is 4.51. The number of carbonyl (C=O) groups is 1. The summed E-state index contributed by atoms with van der Waals surface area (Å²) in [5.74, 6) is 6.59. The number of amides is 1. The van der Waals surface area contributed by atoms with E-state index in [1.165, 1.54) is 11.1 Å². The van der Waals surface area contributed by atoms with Crippen LogP contribution in [0.5, 0.6) is 5.75 Å². The van der Waals surface area contributed by atoms with E-state index >= 15 is 0 Å². The quantitative estimate of drug-likeness (QED) is 0.616. The molecule has 0 aliphatic carbocycles. The van der Waals surface area contributed by atoms with Gasteiger partial charge in [-0.2, -0.15) is 0 Å². The number of fused-ring (bicyclic) bond motifs is 2. The van der Waals surface area contributed by atoms with Crippen molar-refractivity contribution in [3.63, 3.8) is 0 Å². The summed E-state index contributed by atoms with van der Waals surface area (Å²) < 4.78 is 5.88. The molecular formula is C28H27N3O3.